The van der Waals surface area contributed by atoms with Gasteiger partial charge in [0.2, 0.25) is 0 Å². The minimum atomic E-state index is 0. The lowest BCUT2D eigenvalue weighted by Gasteiger charge is -2.36. The molecule has 0 saturated carbocycles. The molecule has 2 aromatic heterocycles. The first kappa shape index (κ1) is 19.7. The predicted molar refractivity (Wildman–Crippen MR) is 107 cm³/mol. The quantitative estimate of drug-likeness (QED) is 0.399. The fourth-order valence-electron chi connectivity index (χ4n) is 2.78. The second-order valence-corrected chi connectivity index (χ2v) is 5.76. The van der Waals surface area contributed by atoms with Crippen LogP contribution in [0, 0.1) is 0 Å². The number of hydrogen-bond donors (Lipinski definition) is 1. The van der Waals surface area contributed by atoms with Crippen molar-refractivity contribution in [2.45, 2.75) is 20.0 Å². The number of piperazine rings is 1. The maximum Gasteiger partial charge on any atom is 0.194 e. The minimum Gasteiger partial charge on any atom is -0.364 e. The molecule has 0 unspecified atom stereocenters. The first-order chi connectivity index (χ1) is 11.8. The predicted octanol–water partition coefficient (Wildman–Crippen LogP) is 1.27. The van der Waals surface area contributed by atoms with Crippen molar-refractivity contribution in [3.8, 4) is 0 Å². The third-order valence-corrected chi connectivity index (χ3v) is 4.03. The smallest absolute Gasteiger partial charge is 0.194 e. The molecule has 0 aromatic carbocycles. The average Bonchev–Trinajstić information content (AvgIpc) is 3.29. The molecule has 0 bridgehead atoms. The normalized spacial score (nSPS) is 15.9. The molecule has 1 fully saturated rings. The van der Waals surface area contributed by atoms with Crippen molar-refractivity contribution in [3.05, 3.63) is 36.5 Å². The molecule has 0 radical (unpaired) electrons. The summed E-state index contributed by atoms with van der Waals surface area (Å²) in [5.74, 6) is 0.991. The van der Waals surface area contributed by atoms with Crippen LogP contribution in [0.25, 0.3) is 0 Å². The van der Waals surface area contributed by atoms with E-state index < -0.39 is 0 Å². The van der Waals surface area contributed by atoms with Crippen LogP contribution in [-0.2, 0) is 13.1 Å². The Labute approximate surface area is 165 Å². The van der Waals surface area contributed by atoms with Crippen molar-refractivity contribution in [1.82, 2.24) is 30.1 Å². The van der Waals surface area contributed by atoms with Gasteiger partial charge in [-0.3, -0.25) is 14.6 Å². The molecule has 1 N–H and O–H groups in total. The highest BCUT2D eigenvalue weighted by Gasteiger charge is 2.20. The Morgan fingerprint density at radius 3 is 2.80 bits per heavy atom. The molecule has 138 valence electrons. The van der Waals surface area contributed by atoms with Crippen molar-refractivity contribution >= 4 is 29.9 Å². The van der Waals surface area contributed by atoms with Crippen LogP contribution < -0.4 is 5.32 Å². The molecule has 3 heterocycles. The molecular formula is C16H26IN7O. The molecule has 0 spiro atoms. The number of halogens is 1. The van der Waals surface area contributed by atoms with Crippen LogP contribution in [0.2, 0.25) is 0 Å². The molecule has 8 nitrogen and oxygen atoms in total. The van der Waals surface area contributed by atoms with E-state index >= 15 is 0 Å². The largest absolute Gasteiger partial charge is 0.364 e. The van der Waals surface area contributed by atoms with Crippen molar-refractivity contribution in [2.75, 3.05) is 39.3 Å². The summed E-state index contributed by atoms with van der Waals surface area (Å²) in [7, 11) is 0. The molecule has 25 heavy (non-hydrogen) atoms. The number of aromatic nitrogens is 3. The van der Waals surface area contributed by atoms with E-state index in [2.05, 4.69) is 32.3 Å². The van der Waals surface area contributed by atoms with Crippen LogP contribution in [0.5, 0.6) is 0 Å². The monoisotopic (exact) mass is 459 g/mol. The van der Waals surface area contributed by atoms with Gasteiger partial charge in [-0.1, -0.05) is 5.16 Å². The lowest BCUT2D eigenvalue weighted by Crippen LogP contribution is -2.52. The van der Waals surface area contributed by atoms with E-state index in [1.54, 1.807) is 12.5 Å². The molecule has 1 aliphatic rings. The third-order valence-electron chi connectivity index (χ3n) is 4.03. The maximum atomic E-state index is 4.90. The number of nitrogens with one attached hydrogen (secondary N) is 1. The van der Waals surface area contributed by atoms with Gasteiger partial charge in [-0.2, -0.15) is 5.10 Å². The van der Waals surface area contributed by atoms with E-state index in [1.807, 2.05) is 23.0 Å². The molecular weight excluding hydrogens is 433 g/mol. The van der Waals surface area contributed by atoms with Crippen LogP contribution in [0.3, 0.4) is 0 Å². The minimum absolute atomic E-state index is 0. The van der Waals surface area contributed by atoms with Crippen LogP contribution in [-0.4, -0.2) is 70.0 Å². The molecule has 0 aliphatic carbocycles. The van der Waals surface area contributed by atoms with Crippen LogP contribution in [0.1, 0.15) is 12.6 Å². The summed E-state index contributed by atoms with van der Waals surface area (Å²) >= 11 is 0. The van der Waals surface area contributed by atoms with Crippen LogP contribution in [0.4, 0.5) is 0 Å². The van der Waals surface area contributed by atoms with Gasteiger partial charge in [0.15, 0.2) is 5.96 Å². The number of guanidine groups is 1. The second kappa shape index (κ2) is 10.4. The second-order valence-electron chi connectivity index (χ2n) is 5.76. The molecule has 9 heteroatoms. The Bertz CT molecular complexity index is 606. The fourth-order valence-corrected chi connectivity index (χ4v) is 2.78. The SMILES string of the molecule is CCNC(=NCCn1cccn1)N1CCN(Cc2ccon2)CC1.I. The number of aliphatic imine (C=N–C) groups is 1. The van der Waals surface area contributed by atoms with E-state index in [0.29, 0.717) is 0 Å². The van der Waals surface area contributed by atoms with Crippen LogP contribution >= 0.6 is 24.0 Å². The van der Waals surface area contributed by atoms with Gasteiger partial charge < -0.3 is 14.7 Å². The Kier molecular flexibility index (Phi) is 8.19. The van der Waals surface area contributed by atoms with Crippen molar-refractivity contribution < 1.29 is 4.52 Å². The van der Waals surface area contributed by atoms with E-state index in [9.17, 15) is 0 Å². The Balaban J connectivity index is 0.00000225. The summed E-state index contributed by atoms with van der Waals surface area (Å²) in [6.07, 6.45) is 5.38. The Morgan fingerprint density at radius 1 is 1.32 bits per heavy atom. The summed E-state index contributed by atoms with van der Waals surface area (Å²) in [5.41, 5.74) is 0.989. The van der Waals surface area contributed by atoms with Gasteiger partial charge in [0.1, 0.15) is 6.26 Å². The van der Waals surface area contributed by atoms with Gasteiger partial charge >= 0.3 is 0 Å². The summed E-state index contributed by atoms with van der Waals surface area (Å²) < 4.78 is 6.80. The Morgan fingerprint density at radius 2 is 2.16 bits per heavy atom. The lowest BCUT2D eigenvalue weighted by atomic mass is 10.3. The first-order valence-corrected chi connectivity index (χ1v) is 8.47. The van der Waals surface area contributed by atoms with Crippen molar-refractivity contribution in [3.63, 3.8) is 0 Å². The highest BCUT2D eigenvalue weighted by Crippen LogP contribution is 2.07. The van der Waals surface area contributed by atoms with Gasteiger partial charge in [0.05, 0.1) is 18.8 Å². The van der Waals surface area contributed by atoms with Gasteiger partial charge in [-0.15, -0.1) is 24.0 Å². The summed E-state index contributed by atoms with van der Waals surface area (Å²) in [4.78, 5) is 9.45. The number of hydrogen-bond acceptors (Lipinski definition) is 5. The molecule has 0 amide bonds. The highest BCUT2D eigenvalue weighted by atomic mass is 127. The van der Waals surface area contributed by atoms with Crippen molar-refractivity contribution in [1.29, 1.82) is 0 Å². The zero-order chi connectivity index (χ0) is 16.6. The summed E-state index contributed by atoms with van der Waals surface area (Å²) in [6.45, 7) is 9.27. The average molecular weight is 459 g/mol. The number of nitrogens with zero attached hydrogens (tertiary/aromatic N) is 6. The molecule has 0 atom stereocenters. The zero-order valence-electron chi connectivity index (χ0n) is 14.5. The van der Waals surface area contributed by atoms with Crippen molar-refractivity contribution in [2.24, 2.45) is 4.99 Å². The first-order valence-electron chi connectivity index (χ1n) is 8.47. The molecule has 2 aromatic rings. The van der Waals surface area contributed by atoms with Gasteiger partial charge in [-0.25, -0.2) is 0 Å². The summed E-state index contributed by atoms with van der Waals surface area (Å²) in [6, 6.07) is 3.86. The Hall–Kier alpha value is -1.62. The fraction of sp³-hybridized carbons (Fsp3) is 0.562. The summed E-state index contributed by atoms with van der Waals surface area (Å²) in [5, 5.41) is 11.6. The van der Waals surface area contributed by atoms with E-state index in [4.69, 9.17) is 9.52 Å². The maximum absolute atomic E-state index is 4.90. The van der Waals surface area contributed by atoms with Gasteiger partial charge in [0, 0.05) is 57.7 Å². The third kappa shape index (κ3) is 5.99. The van der Waals surface area contributed by atoms with E-state index in [1.165, 1.54) is 0 Å². The standard InChI is InChI=1S/C16H25N7O.HI/c1-2-17-16(18-6-8-23-7-3-5-19-23)22-11-9-21(10-12-22)14-15-4-13-24-20-15;/h3-5,7,13H,2,6,8-12,14H2,1H3,(H,17,18);1H. The van der Waals surface area contributed by atoms with E-state index in [0.717, 1.165) is 64.0 Å². The molecule has 1 aliphatic heterocycles. The van der Waals surface area contributed by atoms with Gasteiger partial charge in [-0.05, 0) is 13.0 Å². The van der Waals surface area contributed by atoms with E-state index in [-0.39, 0.29) is 24.0 Å². The topological polar surface area (TPSA) is 74.7 Å². The highest BCUT2D eigenvalue weighted by molar-refractivity contribution is 14.0. The molecule has 3 rings (SSSR count). The molecule has 1 saturated heterocycles. The lowest BCUT2D eigenvalue weighted by molar-refractivity contribution is 0.169. The van der Waals surface area contributed by atoms with Gasteiger partial charge in [0.25, 0.3) is 0 Å². The number of rotatable bonds is 6. The zero-order valence-corrected chi connectivity index (χ0v) is 16.9. The van der Waals surface area contributed by atoms with Crippen LogP contribution in [0.15, 0.2) is 40.3 Å².